The van der Waals surface area contributed by atoms with E-state index in [-0.39, 0.29) is 0 Å². The van der Waals surface area contributed by atoms with Gasteiger partial charge in [-0.2, -0.15) is 0 Å². The first-order chi connectivity index (χ1) is 13.8. The molecular weight excluding hydrogens is 336 g/mol. The zero-order chi connectivity index (χ0) is 20.9. The molecule has 0 aliphatic heterocycles. The lowest BCUT2D eigenvalue weighted by Crippen LogP contribution is -1.78. The van der Waals surface area contributed by atoms with Crippen LogP contribution in [0.3, 0.4) is 0 Å². The molecule has 3 aromatic carbocycles. The van der Waals surface area contributed by atoms with Crippen LogP contribution in [0.15, 0.2) is 128 Å². The smallest absolute Gasteiger partial charge is 0.0184 e. The van der Waals surface area contributed by atoms with Gasteiger partial charge >= 0.3 is 0 Å². The molecule has 0 atom stereocenters. The normalized spacial score (nSPS) is 9.64. The van der Waals surface area contributed by atoms with Crippen molar-refractivity contribution in [2.24, 2.45) is 0 Å². The molecule has 0 bridgehead atoms. The third kappa shape index (κ3) is 13.1. The van der Waals surface area contributed by atoms with E-state index < -0.39 is 0 Å². The molecule has 3 rings (SSSR count). The van der Waals surface area contributed by atoms with E-state index in [1.165, 1.54) is 16.7 Å². The summed E-state index contributed by atoms with van der Waals surface area (Å²) >= 11 is 0. The van der Waals surface area contributed by atoms with Crippen molar-refractivity contribution in [3.8, 4) is 0 Å². The minimum Gasteiger partial charge on any atom is -0.0990 e. The van der Waals surface area contributed by atoms with Crippen LogP contribution in [0.25, 0.3) is 5.57 Å². The molecule has 0 nitrogen and oxygen atoms in total. The van der Waals surface area contributed by atoms with Gasteiger partial charge in [-0.1, -0.05) is 147 Å². The van der Waals surface area contributed by atoms with Crippen LogP contribution in [0.5, 0.6) is 0 Å². The van der Waals surface area contributed by atoms with Crippen LogP contribution in [0, 0.1) is 6.92 Å². The number of aryl methyl sites for hydroxylation is 1. The predicted octanol–water partition coefficient (Wildman–Crippen LogP) is 8.54. The van der Waals surface area contributed by atoms with Gasteiger partial charge in [0, 0.05) is 0 Å². The molecule has 0 saturated heterocycles. The van der Waals surface area contributed by atoms with Gasteiger partial charge in [-0.25, -0.2) is 0 Å². The second-order valence-corrected chi connectivity index (χ2v) is 5.53. The van der Waals surface area contributed by atoms with E-state index in [1.54, 1.807) is 0 Å². The van der Waals surface area contributed by atoms with Gasteiger partial charge < -0.3 is 0 Å². The summed E-state index contributed by atoms with van der Waals surface area (Å²) in [4.78, 5) is 0. The molecule has 0 heterocycles. The van der Waals surface area contributed by atoms with E-state index in [2.05, 4.69) is 43.8 Å². The van der Waals surface area contributed by atoms with Gasteiger partial charge in [-0.15, -0.1) is 0 Å². The molecule has 0 fully saturated rings. The number of allylic oxidation sites excluding steroid dienone is 5. The van der Waals surface area contributed by atoms with Crippen molar-refractivity contribution in [1.82, 2.24) is 0 Å². The van der Waals surface area contributed by atoms with Gasteiger partial charge in [0.15, 0.2) is 0 Å². The summed E-state index contributed by atoms with van der Waals surface area (Å²) in [5, 5.41) is 0. The maximum absolute atomic E-state index is 3.70. The fourth-order valence-electron chi connectivity index (χ4n) is 2.10. The van der Waals surface area contributed by atoms with Crippen molar-refractivity contribution in [1.29, 1.82) is 0 Å². The van der Waals surface area contributed by atoms with Crippen LogP contribution in [0.2, 0.25) is 0 Å². The lowest BCUT2D eigenvalue weighted by molar-refractivity contribution is 1.48. The van der Waals surface area contributed by atoms with E-state index in [4.69, 9.17) is 0 Å². The van der Waals surface area contributed by atoms with E-state index in [0.717, 1.165) is 0 Å². The molecule has 0 amide bonds. The summed E-state index contributed by atoms with van der Waals surface area (Å²) in [5.41, 5.74) is 3.74. The molecule has 3 aromatic rings. The third-order valence-electron chi connectivity index (χ3n) is 3.36. The molecule has 0 saturated carbocycles. The minimum absolute atomic E-state index is 1.19. The summed E-state index contributed by atoms with van der Waals surface area (Å²) in [6.07, 6.45) is 7.93. The molecule has 0 aliphatic carbocycles. The molecule has 0 aromatic heterocycles. The fraction of sp³-hybridized carbons (Fsp3) is 0.143. The summed E-state index contributed by atoms with van der Waals surface area (Å²) in [6, 6.07) is 32.5. The molecule has 0 aliphatic rings. The molecule has 0 unspecified atom stereocenters. The summed E-state index contributed by atoms with van der Waals surface area (Å²) in [7, 11) is 0. The van der Waals surface area contributed by atoms with Gasteiger partial charge in [0.05, 0.1) is 0 Å². The Morgan fingerprint density at radius 3 is 1.39 bits per heavy atom. The van der Waals surface area contributed by atoms with Crippen molar-refractivity contribution >= 4 is 5.57 Å². The van der Waals surface area contributed by atoms with Crippen molar-refractivity contribution < 1.29 is 0 Å². The van der Waals surface area contributed by atoms with Crippen LogP contribution in [0.4, 0.5) is 0 Å². The Bertz CT molecular complexity index is 724. The first-order valence-corrected chi connectivity index (χ1v) is 9.80. The molecule has 28 heavy (non-hydrogen) atoms. The van der Waals surface area contributed by atoms with Gasteiger partial charge in [0.25, 0.3) is 0 Å². The van der Waals surface area contributed by atoms with E-state index in [1.807, 2.05) is 112 Å². The van der Waals surface area contributed by atoms with Crippen LogP contribution in [0.1, 0.15) is 31.9 Å². The van der Waals surface area contributed by atoms with Gasteiger partial charge in [-0.3, -0.25) is 0 Å². The van der Waals surface area contributed by atoms with Crippen LogP contribution in [-0.2, 0) is 0 Å². The SMILES string of the molecule is C=C/C=C(\C=C/C)c1ccccc1.CC.Cc1ccccc1.c1ccccc1. The van der Waals surface area contributed by atoms with Crippen LogP contribution >= 0.6 is 0 Å². The molecule has 146 valence electrons. The maximum Gasteiger partial charge on any atom is -0.0184 e. The lowest BCUT2D eigenvalue weighted by atomic mass is 10.1. The summed E-state index contributed by atoms with van der Waals surface area (Å²) in [6.45, 7) is 11.8. The number of hydrogen-bond acceptors (Lipinski definition) is 0. The molecule has 0 spiro atoms. The summed E-state index contributed by atoms with van der Waals surface area (Å²) < 4.78 is 0. The quantitative estimate of drug-likeness (QED) is 0.405. The number of rotatable bonds is 3. The first kappa shape index (κ1) is 24.9. The standard InChI is InChI=1S/C13H14.C7H8.C6H6.C2H6/c1-3-8-12(9-4-2)13-10-6-5-7-11-13;1-7-5-3-2-4-6-7;1-2-4-6-5-3-1;1-2/h3-11H,1H2,2H3;2-6H,1H3;1-6H;1-2H3/b9-4-,12-8+;;;. The molecule has 0 radical (unpaired) electrons. The zero-order valence-electron chi connectivity index (χ0n) is 17.8. The zero-order valence-corrected chi connectivity index (χ0v) is 17.8. The third-order valence-corrected chi connectivity index (χ3v) is 3.36. The second-order valence-electron chi connectivity index (χ2n) is 5.53. The number of benzene rings is 3. The van der Waals surface area contributed by atoms with E-state index >= 15 is 0 Å². The highest BCUT2D eigenvalue weighted by Gasteiger charge is 1.93. The predicted molar refractivity (Wildman–Crippen MR) is 128 cm³/mol. The number of hydrogen-bond donors (Lipinski definition) is 0. The van der Waals surface area contributed by atoms with Crippen molar-refractivity contribution in [3.05, 3.63) is 139 Å². The Labute approximate surface area is 172 Å². The Kier molecular flexibility index (Phi) is 16.6. The molecular formula is C28H34. The topological polar surface area (TPSA) is 0 Å². The average Bonchev–Trinajstić information content (AvgIpc) is 2.78. The Hall–Kier alpha value is -3.12. The monoisotopic (exact) mass is 370 g/mol. The second kappa shape index (κ2) is 18.7. The maximum atomic E-state index is 3.70. The highest BCUT2D eigenvalue weighted by molar-refractivity contribution is 5.74. The van der Waals surface area contributed by atoms with Crippen molar-refractivity contribution in [2.45, 2.75) is 27.7 Å². The molecule has 0 N–H and O–H groups in total. The lowest BCUT2D eigenvalue weighted by Gasteiger charge is -1.99. The Morgan fingerprint density at radius 1 is 0.679 bits per heavy atom. The highest BCUT2D eigenvalue weighted by Crippen LogP contribution is 2.15. The van der Waals surface area contributed by atoms with Gasteiger partial charge in [0.1, 0.15) is 0 Å². The van der Waals surface area contributed by atoms with Crippen LogP contribution < -0.4 is 0 Å². The Morgan fingerprint density at radius 2 is 1.07 bits per heavy atom. The van der Waals surface area contributed by atoms with Crippen molar-refractivity contribution in [2.75, 3.05) is 0 Å². The van der Waals surface area contributed by atoms with E-state index in [9.17, 15) is 0 Å². The van der Waals surface area contributed by atoms with Crippen LogP contribution in [-0.4, -0.2) is 0 Å². The molecule has 0 heteroatoms. The highest BCUT2D eigenvalue weighted by atomic mass is 14.0. The van der Waals surface area contributed by atoms with Gasteiger partial charge in [0.2, 0.25) is 0 Å². The van der Waals surface area contributed by atoms with E-state index in [0.29, 0.717) is 0 Å². The summed E-state index contributed by atoms with van der Waals surface area (Å²) in [5.74, 6) is 0. The van der Waals surface area contributed by atoms with Crippen molar-refractivity contribution in [3.63, 3.8) is 0 Å². The average molecular weight is 371 g/mol. The first-order valence-electron chi connectivity index (χ1n) is 9.80. The Balaban J connectivity index is 0.000000408. The fourth-order valence-corrected chi connectivity index (χ4v) is 2.10. The largest absolute Gasteiger partial charge is 0.0990 e. The van der Waals surface area contributed by atoms with Gasteiger partial charge in [-0.05, 0) is 25.0 Å². The minimum atomic E-state index is 1.19.